The minimum absolute atomic E-state index is 0.350. The number of carbonyl (C=O) groups is 2. The summed E-state index contributed by atoms with van der Waals surface area (Å²) in [5.41, 5.74) is 0.782. The molecule has 0 unspecified atom stereocenters. The van der Waals surface area contributed by atoms with E-state index < -0.39 is 0 Å². The summed E-state index contributed by atoms with van der Waals surface area (Å²) >= 11 is 0.892. The molecule has 1 N–H and O–H groups in total. The molecule has 0 spiro atoms. The Balaban J connectivity index is 2.26. The first-order chi connectivity index (χ1) is 9.63. The molecule has 0 saturated carbocycles. The van der Waals surface area contributed by atoms with Gasteiger partial charge in [-0.2, -0.15) is 0 Å². The van der Waals surface area contributed by atoms with Crippen LogP contribution in [0.25, 0.3) is 6.08 Å². The van der Waals surface area contributed by atoms with Crippen molar-refractivity contribution in [1.29, 1.82) is 0 Å². The standard InChI is InChI=1S/C14H15NO4S/c1-3-6-19-11-7-9(4-5-10(11)18-2)8-12-13(16)15-14(17)20-12/h4-5,7-8H,3,6H2,1-2H3,(H,15,16,17)/b12-8-. The number of nitrogens with one attached hydrogen (secondary N) is 1. The Morgan fingerprint density at radius 2 is 2.10 bits per heavy atom. The van der Waals surface area contributed by atoms with Crippen LogP contribution in [0.5, 0.6) is 11.5 Å². The van der Waals surface area contributed by atoms with Gasteiger partial charge in [0, 0.05) is 0 Å². The van der Waals surface area contributed by atoms with E-state index in [4.69, 9.17) is 9.47 Å². The van der Waals surface area contributed by atoms with Gasteiger partial charge < -0.3 is 9.47 Å². The minimum Gasteiger partial charge on any atom is -0.493 e. The van der Waals surface area contributed by atoms with Gasteiger partial charge in [0.1, 0.15) is 0 Å². The molecule has 1 aromatic carbocycles. The van der Waals surface area contributed by atoms with Crippen LogP contribution >= 0.6 is 11.8 Å². The van der Waals surface area contributed by atoms with Gasteiger partial charge in [0.25, 0.3) is 11.1 Å². The number of hydrogen-bond acceptors (Lipinski definition) is 5. The second-order valence-corrected chi connectivity index (χ2v) is 5.13. The van der Waals surface area contributed by atoms with Crippen molar-refractivity contribution in [3.63, 3.8) is 0 Å². The maximum absolute atomic E-state index is 11.5. The molecule has 1 saturated heterocycles. The van der Waals surface area contributed by atoms with Gasteiger partial charge in [0.05, 0.1) is 18.6 Å². The number of ether oxygens (including phenoxy) is 2. The van der Waals surface area contributed by atoms with Crippen LogP contribution in [0.15, 0.2) is 23.1 Å². The molecule has 0 bridgehead atoms. The molecular formula is C14H15NO4S. The van der Waals surface area contributed by atoms with Crippen LogP contribution in [0.1, 0.15) is 18.9 Å². The van der Waals surface area contributed by atoms with Gasteiger partial charge in [-0.15, -0.1) is 0 Å². The molecule has 0 aliphatic carbocycles. The largest absolute Gasteiger partial charge is 0.493 e. The predicted octanol–water partition coefficient (Wildman–Crippen LogP) is 2.81. The van der Waals surface area contributed by atoms with E-state index in [0.29, 0.717) is 23.0 Å². The molecule has 5 nitrogen and oxygen atoms in total. The Morgan fingerprint density at radius 1 is 1.30 bits per heavy atom. The Labute approximate surface area is 121 Å². The van der Waals surface area contributed by atoms with E-state index >= 15 is 0 Å². The number of hydrogen-bond donors (Lipinski definition) is 1. The number of rotatable bonds is 5. The monoisotopic (exact) mass is 293 g/mol. The number of carbonyl (C=O) groups excluding carboxylic acids is 2. The Morgan fingerprint density at radius 3 is 2.70 bits per heavy atom. The molecule has 0 atom stereocenters. The normalized spacial score (nSPS) is 16.4. The van der Waals surface area contributed by atoms with Crippen molar-refractivity contribution in [2.75, 3.05) is 13.7 Å². The van der Waals surface area contributed by atoms with E-state index in [1.54, 1.807) is 31.4 Å². The SMILES string of the molecule is CCCOc1cc(/C=C2\SC(=O)NC2=O)ccc1OC. The number of benzene rings is 1. The summed E-state index contributed by atoms with van der Waals surface area (Å²) in [6.45, 7) is 2.60. The zero-order chi connectivity index (χ0) is 14.5. The van der Waals surface area contributed by atoms with Gasteiger partial charge in [0.2, 0.25) is 0 Å². The molecule has 1 aliphatic rings. The quantitative estimate of drug-likeness (QED) is 0.846. The summed E-state index contributed by atoms with van der Waals surface area (Å²) in [5, 5.41) is 1.87. The van der Waals surface area contributed by atoms with Crippen LogP contribution in [-0.2, 0) is 4.79 Å². The van der Waals surface area contributed by atoms with E-state index in [1.165, 1.54) is 0 Å². The summed E-state index contributed by atoms with van der Waals surface area (Å²) in [7, 11) is 1.57. The first kappa shape index (κ1) is 14.5. The fourth-order valence-electron chi connectivity index (χ4n) is 1.68. The van der Waals surface area contributed by atoms with Crippen molar-refractivity contribution in [1.82, 2.24) is 5.32 Å². The fourth-order valence-corrected chi connectivity index (χ4v) is 2.36. The summed E-state index contributed by atoms with van der Waals surface area (Å²) in [6.07, 6.45) is 2.55. The summed E-state index contributed by atoms with van der Waals surface area (Å²) < 4.78 is 10.8. The zero-order valence-corrected chi connectivity index (χ0v) is 12.1. The van der Waals surface area contributed by atoms with E-state index in [-0.39, 0.29) is 11.1 Å². The van der Waals surface area contributed by atoms with Crippen molar-refractivity contribution < 1.29 is 19.1 Å². The molecule has 1 aliphatic heterocycles. The van der Waals surface area contributed by atoms with Gasteiger partial charge in [-0.25, -0.2) is 0 Å². The van der Waals surface area contributed by atoms with Crippen molar-refractivity contribution in [2.24, 2.45) is 0 Å². The second-order valence-electron chi connectivity index (χ2n) is 4.11. The highest BCUT2D eigenvalue weighted by molar-refractivity contribution is 8.18. The van der Waals surface area contributed by atoms with Gasteiger partial charge in [-0.3, -0.25) is 14.9 Å². The molecule has 2 amide bonds. The average molecular weight is 293 g/mol. The molecule has 2 rings (SSSR count). The fraction of sp³-hybridized carbons (Fsp3) is 0.286. The molecule has 1 fully saturated rings. The maximum Gasteiger partial charge on any atom is 0.290 e. The predicted molar refractivity (Wildman–Crippen MR) is 77.9 cm³/mol. The van der Waals surface area contributed by atoms with Crippen LogP contribution in [0.3, 0.4) is 0 Å². The number of imide groups is 1. The number of amides is 2. The Bertz CT molecular complexity index is 568. The van der Waals surface area contributed by atoms with Crippen LogP contribution in [0.2, 0.25) is 0 Å². The average Bonchev–Trinajstić information content (AvgIpc) is 2.75. The second kappa shape index (κ2) is 6.47. The van der Waals surface area contributed by atoms with E-state index in [1.807, 2.05) is 6.92 Å². The lowest BCUT2D eigenvalue weighted by Crippen LogP contribution is -2.17. The topological polar surface area (TPSA) is 64.6 Å². The molecule has 1 heterocycles. The number of methoxy groups -OCH3 is 1. The summed E-state index contributed by atoms with van der Waals surface area (Å²) in [5.74, 6) is 0.894. The van der Waals surface area contributed by atoms with Crippen molar-refractivity contribution in [2.45, 2.75) is 13.3 Å². The third-order valence-electron chi connectivity index (χ3n) is 2.59. The third-order valence-corrected chi connectivity index (χ3v) is 3.40. The summed E-state index contributed by atoms with van der Waals surface area (Å²) in [6, 6.07) is 5.37. The van der Waals surface area contributed by atoms with Gasteiger partial charge in [-0.1, -0.05) is 13.0 Å². The lowest BCUT2D eigenvalue weighted by molar-refractivity contribution is -0.115. The molecule has 0 radical (unpaired) electrons. The molecular weight excluding hydrogens is 278 g/mol. The summed E-state index contributed by atoms with van der Waals surface area (Å²) in [4.78, 5) is 23.0. The maximum atomic E-state index is 11.5. The highest BCUT2D eigenvalue weighted by Crippen LogP contribution is 2.31. The lowest BCUT2D eigenvalue weighted by Gasteiger charge is -2.10. The van der Waals surface area contributed by atoms with Crippen molar-refractivity contribution >= 4 is 29.0 Å². The highest BCUT2D eigenvalue weighted by atomic mass is 32.2. The van der Waals surface area contributed by atoms with Crippen molar-refractivity contribution in [3.05, 3.63) is 28.7 Å². The third kappa shape index (κ3) is 3.33. The van der Waals surface area contributed by atoms with Gasteiger partial charge in [0.15, 0.2) is 11.5 Å². The van der Waals surface area contributed by atoms with Crippen LogP contribution < -0.4 is 14.8 Å². The Kier molecular flexibility index (Phi) is 4.68. The van der Waals surface area contributed by atoms with Crippen LogP contribution in [0.4, 0.5) is 4.79 Å². The first-order valence-electron chi connectivity index (χ1n) is 6.19. The first-order valence-corrected chi connectivity index (χ1v) is 7.01. The molecule has 1 aromatic rings. The Hall–Kier alpha value is -1.95. The molecule has 20 heavy (non-hydrogen) atoms. The number of thioether (sulfide) groups is 1. The molecule has 0 aromatic heterocycles. The minimum atomic E-state index is -0.369. The van der Waals surface area contributed by atoms with Crippen LogP contribution in [-0.4, -0.2) is 24.9 Å². The van der Waals surface area contributed by atoms with E-state index in [0.717, 1.165) is 23.7 Å². The smallest absolute Gasteiger partial charge is 0.290 e. The van der Waals surface area contributed by atoms with E-state index in [9.17, 15) is 9.59 Å². The molecule has 6 heteroatoms. The molecule has 106 valence electrons. The van der Waals surface area contributed by atoms with Crippen molar-refractivity contribution in [3.8, 4) is 11.5 Å². The van der Waals surface area contributed by atoms with Gasteiger partial charge in [-0.05, 0) is 42.0 Å². The zero-order valence-electron chi connectivity index (χ0n) is 11.3. The lowest BCUT2D eigenvalue weighted by atomic mass is 10.2. The highest BCUT2D eigenvalue weighted by Gasteiger charge is 2.25. The van der Waals surface area contributed by atoms with Crippen LogP contribution in [0, 0.1) is 0 Å². The van der Waals surface area contributed by atoms with E-state index in [2.05, 4.69) is 5.32 Å². The van der Waals surface area contributed by atoms with Gasteiger partial charge >= 0.3 is 0 Å².